The normalized spacial score (nSPS) is 22.4. The number of rotatable bonds is 4. The molecular formula is C23H27ClN4S. The Balaban J connectivity index is 1.17. The second kappa shape index (κ2) is 8.58. The maximum atomic E-state index is 5.99. The van der Waals surface area contributed by atoms with E-state index in [2.05, 4.69) is 51.6 Å². The molecule has 0 saturated carbocycles. The zero-order valence-corrected chi connectivity index (χ0v) is 18.1. The largest absolute Gasteiger partial charge is 0.332 e. The average Bonchev–Trinajstić information content (AvgIpc) is 3.09. The van der Waals surface area contributed by atoms with Gasteiger partial charge in [0.25, 0.3) is 0 Å². The number of hydrogen-bond donors (Lipinski definition) is 1. The molecule has 6 heteroatoms. The van der Waals surface area contributed by atoms with E-state index in [4.69, 9.17) is 16.7 Å². The van der Waals surface area contributed by atoms with Gasteiger partial charge in [-0.3, -0.25) is 5.43 Å². The molecule has 1 saturated heterocycles. The topological polar surface area (TPSA) is 30.9 Å². The zero-order chi connectivity index (χ0) is 19.6. The van der Waals surface area contributed by atoms with Gasteiger partial charge in [-0.05, 0) is 56.1 Å². The molecule has 1 N–H and O–H groups in total. The molecule has 3 aliphatic heterocycles. The molecule has 0 aromatic heterocycles. The van der Waals surface area contributed by atoms with Crippen LogP contribution in [0.5, 0.6) is 0 Å². The number of halogens is 1. The molecule has 0 aliphatic carbocycles. The van der Waals surface area contributed by atoms with Crippen LogP contribution in [-0.2, 0) is 6.42 Å². The summed E-state index contributed by atoms with van der Waals surface area (Å²) in [6.45, 7) is 4.53. The third-order valence-electron chi connectivity index (χ3n) is 6.34. The van der Waals surface area contributed by atoms with E-state index in [-0.39, 0.29) is 0 Å². The van der Waals surface area contributed by atoms with Crippen LogP contribution in [0.1, 0.15) is 24.0 Å². The molecule has 0 amide bonds. The highest BCUT2D eigenvalue weighted by Crippen LogP contribution is 2.33. The molecule has 0 spiro atoms. The summed E-state index contributed by atoms with van der Waals surface area (Å²) in [4.78, 5) is 6.48. The quantitative estimate of drug-likeness (QED) is 0.789. The summed E-state index contributed by atoms with van der Waals surface area (Å²) >= 11 is 7.95. The molecule has 4 nitrogen and oxygen atoms in total. The lowest BCUT2D eigenvalue weighted by atomic mass is 9.92. The van der Waals surface area contributed by atoms with Crippen molar-refractivity contribution >= 4 is 29.2 Å². The number of amidine groups is 1. The van der Waals surface area contributed by atoms with Crippen molar-refractivity contribution in [3.8, 4) is 0 Å². The summed E-state index contributed by atoms with van der Waals surface area (Å²) in [6, 6.07) is 17.0. The summed E-state index contributed by atoms with van der Waals surface area (Å²) in [5.74, 6) is 2.91. The van der Waals surface area contributed by atoms with Gasteiger partial charge in [0.2, 0.25) is 0 Å². The van der Waals surface area contributed by atoms with Crippen molar-refractivity contribution in [1.82, 2.24) is 15.2 Å². The second-order valence-electron chi connectivity index (χ2n) is 8.10. The summed E-state index contributed by atoms with van der Waals surface area (Å²) in [5.41, 5.74) is 6.14. The predicted molar refractivity (Wildman–Crippen MR) is 122 cm³/mol. The Morgan fingerprint density at radius 2 is 1.83 bits per heavy atom. The van der Waals surface area contributed by atoms with Gasteiger partial charge in [-0.1, -0.05) is 41.9 Å². The van der Waals surface area contributed by atoms with Gasteiger partial charge in [0.1, 0.15) is 6.17 Å². The van der Waals surface area contributed by atoms with Crippen LogP contribution in [0.4, 0.5) is 0 Å². The van der Waals surface area contributed by atoms with Gasteiger partial charge in [0.15, 0.2) is 5.84 Å². The van der Waals surface area contributed by atoms with Gasteiger partial charge >= 0.3 is 0 Å². The van der Waals surface area contributed by atoms with Crippen molar-refractivity contribution in [2.75, 3.05) is 31.9 Å². The molecule has 5 rings (SSSR count). The van der Waals surface area contributed by atoms with Crippen LogP contribution >= 0.6 is 23.4 Å². The van der Waals surface area contributed by atoms with E-state index in [9.17, 15) is 0 Å². The summed E-state index contributed by atoms with van der Waals surface area (Å²) < 4.78 is 0. The number of nitrogens with zero attached hydrogens (tertiary/aromatic N) is 3. The number of fused-ring (bicyclic) bond motifs is 3. The van der Waals surface area contributed by atoms with Crippen LogP contribution in [0.3, 0.4) is 0 Å². The van der Waals surface area contributed by atoms with Crippen molar-refractivity contribution in [2.24, 2.45) is 11.0 Å². The van der Waals surface area contributed by atoms with Gasteiger partial charge in [0.05, 0.1) is 0 Å². The van der Waals surface area contributed by atoms with Crippen LogP contribution in [-0.4, -0.2) is 53.7 Å². The van der Waals surface area contributed by atoms with E-state index in [0.29, 0.717) is 12.1 Å². The van der Waals surface area contributed by atoms with E-state index >= 15 is 0 Å². The predicted octanol–water partition coefficient (Wildman–Crippen LogP) is 4.29. The third kappa shape index (κ3) is 4.14. The van der Waals surface area contributed by atoms with Gasteiger partial charge in [-0.25, -0.2) is 0 Å². The minimum atomic E-state index is 0.343. The zero-order valence-electron chi connectivity index (χ0n) is 16.6. The maximum Gasteiger partial charge on any atom is 0.158 e. The Labute approximate surface area is 182 Å². The molecule has 3 aliphatic rings. The highest BCUT2D eigenvalue weighted by Gasteiger charge is 2.37. The lowest BCUT2D eigenvalue weighted by Gasteiger charge is -2.38. The fourth-order valence-electron chi connectivity index (χ4n) is 4.67. The summed E-state index contributed by atoms with van der Waals surface area (Å²) in [5, 5.41) is 5.59. The molecule has 3 heterocycles. The van der Waals surface area contributed by atoms with Gasteiger partial charge in [-0.15, -0.1) is 11.8 Å². The highest BCUT2D eigenvalue weighted by molar-refractivity contribution is 7.99. The Morgan fingerprint density at radius 3 is 2.66 bits per heavy atom. The van der Waals surface area contributed by atoms with E-state index in [1.807, 2.05) is 23.9 Å². The molecule has 1 atom stereocenters. The standard InChI is InChI=1S/C23H27ClN4S/c24-19-7-5-17(6-8-19)9-12-27-13-10-18(11-14-27)22-25-26-23-20-3-1-2-4-21(20)29-16-15-28(22)23/h1-8,18,22,25H,9-16H2. The van der Waals surface area contributed by atoms with Crippen LogP contribution in [0, 0.1) is 5.92 Å². The first-order valence-corrected chi connectivity index (χ1v) is 11.9. The van der Waals surface area contributed by atoms with E-state index in [0.717, 1.165) is 36.1 Å². The lowest BCUT2D eigenvalue weighted by Crippen LogP contribution is -2.49. The number of hydrazone groups is 1. The second-order valence-corrected chi connectivity index (χ2v) is 9.68. The van der Waals surface area contributed by atoms with Crippen LogP contribution in [0.2, 0.25) is 5.02 Å². The first kappa shape index (κ1) is 19.3. The van der Waals surface area contributed by atoms with E-state index in [1.165, 1.54) is 42.0 Å². The number of piperidine rings is 1. The molecule has 0 bridgehead atoms. The number of benzene rings is 2. The van der Waals surface area contributed by atoms with E-state index in [1.54, 1.807) is 0 Å². The van der Waals surface area contributed by atoms with Crippen molar-refractivity contribution in [2.45, 2.75) is 30.3 Å². The van der Waals surface area contributed by atoms with Gasteiger partial charge < -0.3 is 9.80 Å². The first-order valence-electron chi connectivity index (χ1n) is 10.6. The van der Waals surface area contributed by atoms with Gasteiger partial charge in [-0.2, -0.15) is 5.10 Å². The monoisotopic (exact) mass is 426 g/mol. The van der Waals surface area contributed by atoms with Crippen LogP contribution in [0.25, 0.3) is 0 Å². The number of thioether (sulfide) groups is 1. The molecule has 2 aromatic rings. The van der Waals surface area contributed by atoms with E-state index < -0.39 is 0 Å². The Bertz CT molecular complexity index is 877. The van der Waals surface area contributed by atoms with Crippen molar-refractivity contribution < 1.29 is 0 Å². The molecule has 2 aromatic carbocycles. The highest BCUT2D eigenvalue weighted by atomic mass is 35.5. The van der Waals surface area contributed by atoms with Crippen molar-refractivity contribution in [3.63, 3.8) is 0 Å². The Morgan fingerprint density at radius 1 is 1.03 bits per heavy atom. The maximum absolute atomic E-state index is 5.99. The Kier molecular flexibility index (Phi) is 5.71. The summed E-state index contributed by atoms with van der Waals surface area (Å²) in [6.07, 6.45) is 3.89. The molecule has 29 heavy (non-hydrogen) atoms. The van der Waals surface area contributed by atoms with Crippen molar-refractivity contribution in [1.29, 1.82) is 0 Å². The Hall–Kier alpha value is -1.69. The van der Waals surface area contributed by atoms with Crippen LogP contribution < -0.4 is 5.43 Å². The average molecular weight is 427 g/mol. The molecular weight excluding hydrogens is 400 g/mol. The fourth-order valence-corrected chi connectivity index (χ4v) is 5.80. The molecule has 0 radical (unpaired) electrons. The number of hydrogen-bond acceptors (Lipinski definition) is 5. The number of nitrogens with one attached hydrogen (secondary N) is 1. The SMILES string of the molecule is Clc1ccc(CCN2CCC(C3NN=C4c5ccccc5SCCN43)CC2)cc1. The smallest absolute Gasteiger partial charge is 0.158 e. The van der Waals surface area contributed by atoms with Crippen LogP contribution in [0.15, 0.2) is 58.5 Å². The summed E-state index contributed by atoms with van der Waals surface area (Å²) in [7, 11) is 0. The minimum absolute atomic E-state index is 0.343. The number of likely N-dealkylation sites (tertiary alicyclic amines) is 1. The first-order chi connectivity index (χ1) is 14.3. The van der Waals surface area contributed by atoms with Gasteiger partial charge in [0, 0.05) is 40.2 Å². The fraction of sp³-hybridized carbons (Fsp3) is 0.435. The molecule has 152 valence electrons. The lowest BCUT2D eigenvalue weighted by molar-refractivity contribution is 0.121. The van der Waals surface area contributed by atoms with Crippen molar-refractivity contribution in [3.05, 3.63) is 64.7 Å². The molecule has 1 fully saturated rings. The molecule has 1 unspecified atom stereocenters. The third-order valence-corrected chi connectivity index (χ3v) is 7.64. The minimum Gasteiger partial charge on any atom is -0.332 e.